The highest BCUT2D eigenvalue weighted by atomic mass is 16.3. The zero-order valence-electron chi connectivity index (χ0n) is 14.2. The number of carbonyl (C=O) groups excluding carboxylic acids is 1. The Morgan fingerprint density at radius 2 is 1.75 bits per heavy atom. The van der Waals surface area contributed by atoms with E-state index < -0.39 is 11.8 Å². The molecule has 0 atom stereocenters. The van der Waals surface area contributed by atoms with E-state index in [0.717, 1.165) is 4.68 Å². The number of rotatable bonds is 5. The maximum Gasteiger partial charge on any atom is 0.274 e. The van der Waals surface area contributed by atoms with Crippen molar-refractivity contribution >= 4 is 17.5 Å². The van der Waals surface area contributed by atoms with Crippen LogP contribution in [0.4, 0.5) is 11.6 Å². The Labute approximate surface area is 157 Å². The molecule has 0 bridgehead atoms. The van der Waals surface area contributed by atoms with Crippen LogP contribution >= 0.6 is 0 Å². The lowest BCUT2D eigenvalue weighted by Crippen LogP contribution is -2.12. The van der Waals surface area contributed by atoms with Gasteiger partial charge in [0.2, 0.25) is 5.88 Å². The van der Waals surface area contributed by atoms with Crippen molar-refractivity contribution in [2.45, 2.75) is 0 Å². The molecule has 0 radical (unpaired) electrons. The van der Waals surface area contributed by atoms with Crippen LogP contribution in [-0.4, -0.2) is 45.5 Å². The molecule has 4 rings (SSSR count). The highest BCUT2D eigenvalue weighted by Gasteiger charge is 2.22. The summed E-state index contributed by atoms with van der Waals surface area (Å²) >= 11 is 0. The number of nitrogens with zero attached hydrogens (tertiary/aromatic N) is 9. The van der Waals surface area contributed by atoms with E-state index in [9.17, 15) is 9.90 Å². The molecule has 12 nitrogen and oxygen atoms in total. The lowest BCUT2D eigenvalue weighted by molar-refractivity contribution is 0.0995. The van der Waals surface area contributed by atoms with Gasteiger partial charge in [0.15, 0.2) is 11.4 Å². The molecule has 1 aromatic carbocycles. The summed E-state index contributed by atoms with van der Waals surface area (Å²) in [6, 6.07) is 10.4. The summed E-state index contributed by atoms with van der Waals surface area (Å²) in [7, 11) is 0. The molecule has 3 N–H and O–H groups in total. The lowest BCUT2D eigenvalue weighted by Gasteiger charge is -2.01. The fourth-order valence-corrected chi connectivity index (χ4v) is 2.35. The second kappa shape index (κ2) is 7.03. The van der Waals surface area contributed by atoms with Crippen LogP contribution in [0.1, 0.15) is 10.5 Å². The van der Waals surface area contributed by atoms with Crippen LogP contribution in [0.5, 0.6) is 5.88 Å². The minimum absolute atomic E-state index is 0.0356. The van der Waals surface area contributed by atoms with Gasteiger partial charge in [0, 0.05) is 12.4 Å². The molecular formula is C16H12N10O2. The number of aromatic nitrogens is 7. The number of aromatic hydroxyl groups is 1. The highest BCUT2D eigenvalue weighted by molar-refractivity contribution is 5.97. The van der Waals surface area contributed by atoms with Gasteiger partial charge in [-0.25, -0.2) is 9.97 Å². The zero-order chi connectivity index (χ0) is 19.5. The molecule has 0 saturated carbocycles. The van der Waals surface area contributed by atoms with Gasteiger partial charge in [0.1, 0.15) is 6.33 Å². The molecule has 4 aromatic rings. The Kier molecular flexibility index (Phi) is 4.26. The largest absolute Gasteiger partial charge is 0.492 e. The molecule has 28 heavy (non-hydrogen) atoms. The number of azo groups is 1. The van der Waals surface area contributed by atoms with Crippen LogP contribution < -0.4 is 5.73 Å². The third kappa shape index (κ3) is 3.05. The van der Waals surface area contributed by atoms with E-state index in [1.165, 1.54) is 23.4 Å². The molecule has 138 valence electrons. The first-order valence-electron chi connectivity index (χ1n) is 7.91. The average Bonchev–Trinajstić information content (AvgIpc) is 3.32. The molecule has 0 spiro atoms. The van der Waals surface area contributed by atoms with E-state index in [0.29, 0.717) is 5.69 Å². The topological polar surface area (TPSA) is 162 Å². The van der Waals surface area contributed by atoms with Crippen molar-refractivity contribution in [1.82, 2.24) is 34.5 Å². The summed E-state index contributed by atoms with van der Waals surface area (Å²) in [4.78, 5) is 23.8. The Morgan fingerprint density at radius 1 is 1.00 bits per heavy atom. The summed E-state index contributed by atoms with van der Waals surface area (Å²) in [6.45, 7) is 0. The standard InChI is InChI=1S/C16H12N10O2/c17-13(27)11-12(14(28)25(24-11)10-5-2-1-3-6-10)22-23-16-20-9-21-26(16)15-18-7-4-8-19-15/h1-9,28H,(H2,17,27). The molecule has 0 fully saturated rings. The zero-order valence-corrected chi connectivity index (χ0v) is 14.2. The predicted octanol–water partition coefficient (Wildman–Crippen LogP) is 1.46. The predicted molar refractivity (Wildman–Crippen MR) is 94.9 cm³/mol. The summed E-state index contributed by atoms with van der Waals surface area (Å²) < 4.78 is 2.38. The van der Waals surface area contributed by atoms with Crippen LogP contribution in [0.2, 0.25) is 0 Å². The summed E-state index contributed by atoms with van der Waals surface area (Å²) in [5, 5.41) is 26.4. The van der Waals surface area contributed by atoms with Crippen LogP contribution in [0.25, 0.3) is 11.6 Å². The Bertz CT molecular complexity index is 1150. The second-order valence-corrected chi connectivity index (χ2v) is 5.35. The summed E-state index contributed by atoms with van der Waals surface area (Å²) in [6.07, 6.45) is 4.31. The van der Waals surface area contributed by atoms with Gasteiger partial charge >= 0.3 is 0 Å². The van der Waals surface area contributed by atoms with Crippen molar-refractivity contribution in [3.8, 4) is 17.5 Å². The quantitative estimate of drug-likeness (QED) is 0.498. The summed E-state index contributed by atoms with van der Waals surface area (Å²) in [5.41, 5.74) is 5.44. The Balaban J connectivity index is 1.76. The normalized spacial score (nSPS) is 11.1. The van der Waals surface area contributed by atoms with Crippen molar-refractivity contribution in [1.29, 1.82) is 0 Å². The maximum absolute atomic E-state index is 11.7. The maximum atomic E-state index is 11.7. The van der Waals surface area contributed by atoms with Gasteiger partial charge in [-0.2, -0.15) is 24.5 Å². The van der Waals surface area contributed by atoms with Crippen molar-refractivity contribution < 1.29 is 9.90 Å². The Hall–Kier alpha value is -4.48. The second-order valence-electron chi connectivity index (χ2n) is 5.35. The third-order valence-electron chi connectivity index (χ3n) is 3.58. The van der Waals surface area contributed by atoms with Crippen LogP contribution in [0.15, 0.2) is 65.3 Å². The van der Waals surface area contributed by atoms with Gasteiger partial charge < -0.3 is 10.8 Å². The molecule has 1 amide bonds. The minimum atomic E-state index is -0.869. The number of primary amides is 1. The van der Waals surface area contributed by atoms with E-state index in [2.05, 4.69) is 35.4 Å². The fraction of sp³-hybridized carbons (Fsp3) is 0. The number of carbonyl (C=O) groups is 1. The van der Waals surface area contributed by atoms with Gasteiger partial charge in [-0.15, -0.1) is 10.2 Å². The van der Waals surface area contributed by atoms with Crippen molar-refractivity contribution in [2.75, 3.05) is 0 Å². The molecule has 0 saturated heterocycles. The monoisotopic (exact) mass is 376 g/mol. The highest BCUT2D eigenvalue weighted by Crippen LogP contribution is 2.33. The fourth-order valence-electron chi connectivity index (χ4n) is 2.35. The first-order valence-corrected chi connectivity index (χ1v) is 7.91. The molecule has 0 aliphatic carbocycles. The molecule has 12 heteroatoms. The number of hydrogen-bond acceptors (Lipinski definition) is 9. The van der Waals surface area contributed by atoms with E-state index in [1.807, 2.05) is 0 Å². The molecule has 0 aliphatic heterocycles. The first-order chi connectivity index (χ1) is 13.6. The molecule has 3 aromatic heterocycles. The molecule has 3 heterocycles. The van der Waals surface area contributed by atoms with Gasteiger partial charge in [-0.1, -0.05) is 18.2 Å². The minimum Gasteiger partial charge on any atom is -0.492 e. The summed E-state index contributed by atoms with van der Waals surface area (Å²) in [5.74, 6) is -1.00. The van der Waals surface area contributed by atoms with Crippen LogP contribution in [0.3, 0.4) is 0 Å². The molecular weight excluding hydrogens is 364 g/mol. The van der Waals surface area contributed by atoms with E-state index in [1.54, 1.807) is 36.4 Å². The number of benzene rings is 1. The molecule has 0 aliphatic rings. The van der Waals surface area contributed by atoms with E-state index in [4.69, 9.17) is 5.73 Å². The van der Waals surface area contributed by atoms with E-state index >= 15 is 0 Å². The lowest BCUT2D eigenvalue weighted by atomic mass is 10.3. The van der Waals surface area contributed by atoms with E-state index in [-0.39, 0.29) is 23.3 Å². The number of amides is 1. The molecule has 0 unspecified atom stereocenters. The van der Waals surface area contributed by atoms with Gasteiger partial charge in [-0.05, 0) is 18.2 Å². The van der Waals surface area contributed by atoms with Crippen molar-refractivity contribution in [2.24, 2.45) is 16.0 Å². The van der Waals surface area contributed by atoms with Crippen molar-refractivity contribution in [3.05, 3.63) is 60.8 Å². The SMILES string of the molecule is NC(=O)c1nn(-c2ccccc2)c(O)c1N=Nc1ncnn1-c1ncccn1. The van der Waals surface area contributed by atoms with Gasteiger partial charge in [0.05, 0.1) is 5.69 Å². The van der Waals surface area contributed by atoms with Crippen LogP contribution in [-0.2, 0) is 0 Å². The van der Waals surface area contributed by atoms with Gasteiger partial charge in [-0.3, -0.25) is 4.79 Å². The smallest absolute Gasteiger partial charge is 0.274 e. The Morgan fingerprint density at radius 3 is 2.46 bits per heavy atom. The first kappa shape index (κ1) is 17.0. The number of para-hydroxylation sites is 1. The van der Waals surface area contributed by atoms with Crippen molar-refractivity contribution in [3.63, 3.8) is 0 Å². The number of hydrogen-bond donors (Lipinski definition) is 2. The average molecular weight is 376 g/mol. The number of nitrogens with two attached hydrogens (primary N) is 1. The third-order valence-corrected chi connectivity index (χ3v) is 3.58. The van der Waals surface area contributed by atoms with Crippen LogP contribution in [0, 0.1) is 0 Å². The van der Waals surface area contributed by atoms with Gasteiger partial charge in [0.25, 0.3) is 17.8 Å².